The van der Waals surface area contributed by atoms with Crippen LogP contribution in [-0.4, -0.2) is 150 Å². The number of hydrogen-bond donors (Lipinski definition) is 3. The molecule has 79 heavy (non-hydrogen) atoms. The molecule has 0 aliphatic carbocycles. The highest BCUT2D eigenvalue weighted by Gasteiger charge is 2.38. The molecule has 2 unspecified atom stereocenters. The molecule has 5 aromatic rings. The minimum absolute atomic E-state index is 0.0632. The van der Waals surface area contributed by atoms with E-state index in [-0.39, 0.29) is 47.1 Å². The number of amides is 5. The molecule has 7 rings (SSSR count). The van der Waals surface area contributed by atoms with Gasteiger partial charge in [-0.25, -0.2) is 4.98 Å². The number of carbonyl (C=O) groups excluding carboxylic acids is 5. The fraction of sp³-hybridized carbons (Fsp3) is 0.533. The van der Waals surface area contributed by atoms with E-state index in [9.17, 15) is 28.8 Å². The van der Waals surface area contributed by atoms with E-state index in [0.29, 0.717) is 138 Å². The van der Waals surface area contributed by atoms with E-state index in [1.807, 2.05) is 114 Å². The lowest BCUT2D eigenvalue weighted by Crippen LogP contribution is -2.49. The van der Waals surface area contributed by atoms with E-state index < -0.39 is 11.3 Å². The van der Waals surface area contributed by atoms with Crippen molar-refractivity contribution >= 4 is 91.0 Å². The fourth-order valence-corrected chi connectivity index (χ4v) is 11.0. The second-order valence-electron chi connectivity index (χ2n) is 20.1. The summed E-state index contributed by atoms with van der Waals surface area (Å²) >= 11 is 6.48. The maximum Gasteiger partial charge on any atom is 0.262 e. The molecule has 0 saturated carbocycles. The van der Waals surface area contributed by atoms with Gasteiger partial charge < -0.3 is 44.7 Å². The third-order valence-electron chi connectivity index (χ3n) is 13.9. The van der Waals surface area contributed by atoms with Crippen LogP contribution in [0.15, 0.2) is 82.7 Å². The van der Waals surface area contributed by atoms with Crippen molar-refractivity contribution in [2.75, 3.05) is 79.0 Å². The summed E-state index contributed by atoms with van der Waals surface area (Å²) in [5, 5.41) is 13.4. The number of nitrogens with one attached hydrogen (secondary N) is 3. The third kappa shape index (κ3) is 18.1. The number of ether oxygens (including phenoxy) is 4. The molecule has 3 heterocycles. The van der Waals surface area contributed by atoms with Crippen molar-refractivity contribution < 1.29 is 42.9 Å². The number of hydrogen-bond acceptors (Lipinski definition) is 13. The Labute approximate surface area is 474 Å². The minimum Gasteiger partial charge on any atom is -0.377 e. The Hall–Kier alpha value is -5.83. The van der Waals surface area contributed by atoms with Crippen molar-refractivity contribution in [3.63, 3.8) is 0 Å². The summed E-state index contributed by atoms with van der Waals surface area (Å²) in [6.07, 6.45) is 6.53. The smallest absolute Gasteiger partial charge is 0.262 e. The van der Waals surface area contributed by atoms with E-state index in [2.05, 4.69) is 16.0 Å². The number of fused-ring (bicyclic) bond motifs is 3. The molecule has 1 aromatic heterocycles. The van der Waals surface area contributed by atoms with Gasteiger partial charge in [-0.3, -0.25) is 33.3 Å². The van der Waals surface area contributed by atoms with Crippen molar-refractivity contribution in [3.8, 4) is 0 Å². The Kier molecular flexibility index (Phi) is 25.6. The third-order valence-corrected chi connectivity index (χ3v) is 15.8. The van der Waals surface area contributed by atoms with Gasteiger partial charge in [-0.1, -0.05) is 119 Å². The van der Waals surface area contributed by atoms with Gasteiger partial charge in [0.25, 0.3) is 11.5 Å². The van der Waals surface area contributed by atoms with Crippen molar-refractivity contribution in [2.45, 2.75) is 128 Å². The zero-order chi connectivity index (χ0) is 56.7. The maximum absolute atomic E-state index is 14.0. The maximum atomic E-state index is 14.0. The van der Waals surface area contributed by atoms with Crippen LogP contribution in [0.2, 0.25) is 0 Å². The first-order valence-corrected chi connectivity index (χ1v) is 29.5. The molecule has 0 bridgehead atoms. The second-order valence-corrected chi connectivity index (χ2v) is 21.7. The molecule has 3 atom stereocenters. The molecule has 2 fully saturated rings. The van der Waals surface area contributed by atoms with E-state index in [4.69, 9.17) is 36.1 Å². The van der Waals surface area contributed by atoms with Crippen molar-refractivity contribution in [1.82, 2.24) is 35.3 Å². The molecule has 0 radical (unpaired) electrons. The van der Waals surface area contributed by atoms with E-state index >= 15 is 0 Å². The topological polar surface area (TPSA) is 200 Å². The average molecular weight is 1120 g/mol. The van der Waals surface area contributed by atoms with Gasteiger partial charge in [0.05, 0.1) is 74.0 Å². The molecule has 4 aromatic carbocycles. The van der Waals surface area contributed by atoms with Crippen LogP contribution in [0.25, 0.3) is 32.4 Å². The van der Waals surface area contributed by atoms with Crippen molar-refractivity contribution in [1.29, 1.82) is 0 Å². The van der Waals surface area contributed by atoms with Gasteiger partial charge in [0.15, 0.2) is 5.16 Å². The van der Waals surface area contributed by atoms with Crippen LogP contribution in [-0.2, 0) is 44.7 Å². The highest BCUT2D eigenvalue weighted by Crippen LogP contribution is 2.31. The summed E-state index contributed by atoms with van der Waals surface area (Å²) in [5.74, 6) is -0.310. The molecule has 2 aliphatic rings. The second kappa shape index (κ2) is 32.4. The molecule has 19 heteroatoms. The highest BCUT2D eigenvalue weighted by molar-refractivity contribution is 8.00. The lowest BCUT2D eigenvalue weighted by atomic mass is 10.0. The van der Waals surface area contributed by atoms with Crippen molar-refractivity contribution in [2.24, 2.45) is 5.92 Å². The van der Waals surface area contributed by atoms with E-state index in [0.717, 1.165) is 59.2 Å². The van der Waals surface area contributed by atoms with Gasteiger partial charge in [-0.15, -0.1) is 0 Å². The number of likely N-dealkylation sites (tertiary alicyclic amines) is 2. The molecule has 428 valence electrons. The fourth-order valence-electron chi connectivity index (χ4n) is 9.59. The zero-order valence-electron chi connectivity index (χ0n) is 47.0. The summed E-state index contributed by atoms with van der Waals surface area (Å²) in [6, 6.07) is 22.7. The molecule has 0 spiro atoms. The molecular formula is C60H81N7O10S2. The predicted octanol–water partition coefficient (Wildman–Crippen LogP) is 8.16. The summed E-state index contributed by atoms with van der Waals surface area (Å²) in [6.45, 7) is 17.1. The van der Waals surface area contributed by atoms with E-state index in [1.165, 1.54) is 11.8 Å². The number of unbranched alkanes of at least 4 members (excludes halogenated alkanes) is 1. The number of aromatic nitrogens is 2. The van der Waals surface area contributed by atoms with E-state index in [1.54, 1.807) is 14.4 Å². The molecule has 2 saturated heterocycles. The summed E-state index contributed by atoms with van der Waals surface area (Å²) in [4.78, 5) is 87.0. The number of carbonyl (C=O) groups is 5. The highest BCUT2D eigenvalue weighted by atomic mass is 32.2. The molecular weight excluding hydrogens is 1040 g/mol. The standard InChI is InChI=1S/C44H64N6O9S.C16H17NOS/c1-4-7-17-39(51)49-20-10-15-36(49)40(52)45-18-22-56-24-26-58-28-29-59-27-25-57-23-19-46-41(53)37-16-11-21-50(37)43(55)38(12-5-2)60-44-47-35-31-33-14-9-8-13-32(33)30-34(35)42(54)48(44)6-3;1-10(2)16(19)17-15(18)14-9-13-7-5-4-6-12(13)8-11(14)3/h8-9,13-14,30-31,36-38H,4-7,10-12,15-29H2,1-3H3,(H,45,52)(H,46,53);4-10H,1-3H3,(H,17,18,19)/t36?,37-,38?;/m1./s1. The van der Waals surface area contributed by atoms with Crippen LogP contribution in [0.5, 0.6) is 0 Å². The monoisotopic (exact) mass is 1120 g/mol. The van der Waals surface area contributed by atoms with Gasteiger partial charge in [-0.05, 0) is 97.7 Å². The normalized spacial score (nSPS) is 15.6. The lowest BCUT2D eigenvalue weighted by Gasteiger charge is -2.28. The average Bonchev–Trinajstić information content (AvgIpc) is 4.22. The van der Waals surface area contributed by atoms with Gasteiger partial charge in [-0.2, -0.15) is 0 Å². The zero-order valence-corrected chi connectivity index (χ0v) is 48.6. The number of nitrogens with zero attached hydrogens (tertiary/aromatic N) is 4. The van der Waals surface area contributed by atoms with Crippen LogP contribution in [0.4, 0.5) is 0 Å². The number of aryl methyl sites for hydroxylation is 1. The molecule has 3 N–H and O–H groups in total. The number of thiocarbonyl (C=S) groups is 1. The first-order chi connectivity index (χ1) is 38.3. The number of thioether (sulfide) groups is 1. The first kappa shape index (κ1) is 62.4. The SMILES string of the molecule is CCCCC(=O)N1CCCC1C(=O)NCCOCCOCCOCCOCCNC(=O)[C@H]1CCCN1C(=O)C(CCC)Sc1nc2cc3ccccc3cc2c(=O)n1CC.Cc1cc2ccccc2cc1C(=O)NC(=S)C(C)C. The largest absolute Gasteiger partial charge is 0.377 e. The summed E-state index contributed by atoms with van der Waals surface area (Å²) in [5.41, 5.74) is 2.12. The molecule has 5 amide bonds. The lowest BCUT2D eigenvalue weighted by molar-refractivity contribution is -0.138. The number of rotatable bonds is 28. The summed E-state index contributed by atoms with van der Waals surface area (Å²) in [7, 11) is 0. The van der Waals surface area contributed by atoms with Crippen LogP contribution < -0.4 is 21.5 Å². The van der Waals surface area contributed by atoms with Gasteiger partial charge in [0.1, 0.15) is 12.1 Å². The number of benzene rings is 4. The Morgan fingerprint density at radius 1 is 0.709 bits per heavy atom. The predicted molar refractivity (Wildman–Crippen MR) is 316 cm³/mol. The molecule has 2 aliphatic heterocycles. The van der Waals surface area contributed by atoms with Gasteiger partial charge >= 0.3 is 0 Å². The van der Waals surface area contributed by atoms with Gasteiger partial charge in [0.2, 0.25) is 23.6 Å². The summed E-state index contributed by atoms with van der Waals surface area (Å²) < 4.78 is 24.0. The molecule has 17 nitrogen and oxygen atoms in total. The first-order valence-electron chi connectivity index (χ1n) is 28.2. The Balaban J connectivity index is 0.000000444. The van der Waals surface area contributed by atoms with Crippen molar-refractivity contribution in [3.05, 3.63) is 94.3 Å². The van der Waals surface area contributed by atoms with Crippen LogP contribution in [0.1, 0.15) is 108 Å². The Bertz CT molecular complexity index is 2920. The Morgan fingerprint density at radius 3 is 1.77 bits per heavy atom. The minimum atomic E-state index is -0.558. The van der Waals surface area contributed by atoms with Crippen LogP contribution in [0, 0.1) is 12.8 Å². The Morgan fingerprint density at radius 2 is 1.23 bits per heavy atom. The van der Waals surface area contributed by atoms with Crippen LogP contribution >= 0.6 is 24.0 Å². The van der Waals surface area contributed by atoms with Crippen LogP contribution in [0.3, 0.4) is 0 Å². The van der Waals surface area contributed by atoms with Gasteiger partial charge in [0, 0.05) is 50.6 Å². The quantitative estimate of drug-likeness (QED) is 0.0143.